The molecule has 0 saturated heterocycles. The standard InChI is InChI=1S/C8H14BrN3/c1-4-12-6-7(5-11(2)3)10-8(12)9/h6H,4-5H2,1-3H3. The van der Waals surface area contributed by atoms with Gasteiger partial charge in [-0.15, -0.1) is 0 Å². The molecule has 0 aromatic carbocycles. The van der Waals surface area contributed by atoms with E-state index in [0.29, 0.717) is 0 Å². The summed E-state index contributed by atoms with van der Waals surface area (Å²) in [5.74, 6) is 0. The van der Waals surface area contributed by atoms with Crippen molar-refractivity contribution in [2.75, 3.05) is 14.1 Å². The van der Waals surface area contributed by atoms with E-state index in [4.69, 9.17) is 0 Å². The first-order valence-corrected chi connectivity index (χ1v) is 4.79. The average molecular weight is 232 g/mol. The number of hydrogen-bond acceptors (Lipinski definition) is 2. The van der Waals surface area contributed by atoms with Gasteiger partial charge in [0.1, 0.15) is 0 Å². The first kappa shape index (κ1) is 9.74. The Morgan fingerprint density at radius 3 is 2.67 bits per heavy atom. The number of rotatable bonds is 3. The molecule has 0 spiro atoms. The van der Waals surface area contributed by atoms with E-state index >= 15 is 0 Å². The summed E-state index contributed by atoms with van der Waals surface area (Å²) < 4.78 is 3.00. The maximum absolute atomic E-state index is 4.36. The van der Waals surface area contributed by atoms with Crippen molar-refractivity contribution in [3.8, 4) is 0 Å². The Morgan fingerprint density at radius 1 is 1.58 bits per heavy atom. The molecule has 0 unspecified atom stereocenters. The third-order valence-corrected chi connectivity index (χ3v) is 2.23. The lowest BCUT2D eigenvalue weighted by Crippen LogP contribution is -2.10. The Morgan fingerprint density at radius 2 is 2.25 bits per heavy atom. The first-order valence-electron chi connectivity index (χ1n) is 3.99. The molecule has 0 amide bonds. The quantitative estimate of drug-likeness (QED) is 0.791. The number of aromatic nitrogens is 2. The van der Waals surface area contributed by atoms with Crippen LogP contribution in [0.4, 0.5) is 0 Å². The van der Waals surface area contributed by atoms with E-state index < -0.39 is 0 Å². The molecule has 0 saturated carbocycles. The molecular weight excluding hydrogens is 218 g/mol. The van der Waals surface area contributed by atoms with Crippen molar-refractivity contribution in [2.24, 2.45) is 0 Å². The minimum absolute atomic E-state index is 0.894. The molecule has 0 aliphatic carbocycles. The van der Waals surface area contributed by atoms with Gasteiger partial charge in [-0.3, -0.25) is 0 Å². The van der Waals surface area contributed by atoms with Crippen LogP contribution >= 0.6 is 15.9 Å². The number of nitrogens with zero attached hydrogens (tertiary/aromatic N) is 3. The molecule has 0 atom stereocenters. The second-order valence-corrected chi connectivity index (χ2v) is 3.73. The highest BCUT2D eigenvalue weighted by Crippen LogP contribution is 2.10. The van der Waals surface area contributed by atoms with Gasteiger partial charge < -0.3 is 9.47 Å². The van der Waals surface area contributed by atoms with Crippen LogP contribution in [0.3, 0.4) is 0 Å². The van der Waals surface area contributed by atoms with Crippen LogP contribution in [0.15, 0.2) is 10.9 Å². The van der Waals surface area contributed by atoms with Gasteiger partial charge >= 0.3 is 0 Å². The zero-order valence-corrected chi connectivity index (χ0v) is 9.30. The summed E-state index contributed by atoms with van der Waals surface area (Å²) in [5, 5.41) is 0. The minimum Gasteiger partial charge on any atom is -0.326 e. The lowest BCUT2D eigenvalue weighted by atomic mass is 10.4. The molecule has 0 fully saturated rings. The molecule has 1 heterocycles. The van der Waals surface area contributed by atoms with Crippen molar-refractivity contribution in [1.29, 1.82) is 0 Å². The van der Waals surface area contributed by atoms with Crippen LogP contribution in [0.25, 0.3) is 0 Å². The lowest BCUT2D eigenvalue weighted by Gasteiger charge is -2.05. The van der Waals surface area contributed by atoms with Gasteiger partial charge in [0.25, 0.3) is 0 Å². The van der Waals surface area contributed by atoms with E-state index in [9.17, 15) is 0 Å². The van der Waals surface area contributed by atoms with Crippen LogP contribution in [0.5, 0.6) is 0 Å². The van der Waals surface area contributed by atoms with Gasteiger partial charge in [0.15, 0.2) is 4.73 Å². The average Bonchev–Trinajstić information content (AvgIpc) is 2.29. The summed E-state index contributed by atoms with van der Waals surface area (Å²) >= 11 is 3.40. The Labute approximate surface area is 81.5 Å². The Kier molecular flexibility index (Phi) is 3.29. The first-order chi connectivity index (χ1) is 5.63. The summed E-state index contributed by atoms with van der Waals surface area (Å²) in [6.07, 6.45) is 2.07. The van der Waals surface area contributed by atoms with E-state index in [0.717, 1.165) is 23.5 Å². The number of halogens is 1. The smallest absolute Gasteiger partial charge is 0.177 e. The highest BCUT2D eigenvalue weighted by molar-refractivity contribution is 9.10. The van der Waals surface area contributed by atoms with Crippen molar-refractivity contribution < 1.29 is 0 Å². The van der Waals surface area contributed by atoms with E-state index in [1.165, 1.54) is 0 Å². The summed E-state index contributed by atoms with van der Waals surface area (Å²) in [6, 6.07) is 0. The molecule has 3 nitrogen and oxygen atoms in total. The van der Waals surface area contributed by atoms with Crippen molar-refractivity contribution >= 4 is 15.9 Å². The van der Waals surface area contributed by atoms with Gasteiger partial charge in [0, 0.05) is 19.3 Å². The third-order valence-electron chi connectivity index (χ3n) is 1.60. The van der Waals surface area contributed by atoms with E-state index in [1.54, 1.807) is 0 Å². The number of imidazole rings is 1. The minimum atomic E-state index is 0.894. The topological polar surface area (TPSA) is 21.1 Å². The second kappa shape index (κ2) is 4.05. The molecule has 0 N–H and O–H groups in total. The largest absolute Gasteiger partial charge is 0.326 e. The Bertz CT molecular complexity index is 255. The SMILES string of the molecule is CCn1cc(CN(C)C)nc1Br. The fraction of sp³-hybridized carbons (Fsp3) is 0.625. The van der Waals surface area contributed by atoms with Crippen LogP contribution in [0, 0.1) is 0 Å². The zero-order chi connectivity index (χ0) is 9.14. The summed E-state index contributed by atoms with van der Waals surface area (Å²) in [5.41, 5.74) is 1.11. The lowest BCUT2D eigenvalue weighted by molar-refractivity contribution is 0.397. The van der Waals surface area contributed by atoms with E-state index in [2.05, 4.69) is 43.5 Å². The summed E-state index contributed by atoms with van der Waals surface area (Å²) in [6.45, 7) is 3.96. The van der Waals surface area contributed by atoms with Gasteiger partial charge in [0.05, 0.1) is 5.69 Å². The van der Waals surface area contributed by atoms with Gasteiger partial charge in [-0.1, -0.05) is 0 Å². The van der Waals surface area contributed by atoms with E-state index in [1.807, 2.05) is 14.1 Å². The van der Waals surface area contributed by atoms with Crippen LogP contribution in [-0.4, -0.2) is 28.5 Å². The molecule has 0 radical (unpaired) electrons. The highest BCUT2D eigenvalue weighted by Gasteiger charge is 2.03. The van der Waals surface area contributed by atoms with Crippen LogP contribution in [-0.2, 0) is 13.1 Å². The molecule has 0 aliphatic rings. The molecule has 0 aliphatic heterocycles. The molecule has 12 heavy (non-hydrogen) atoms. The van der Waals surface area contributed by atoms with E-state index in [-0.39, 0.29) is 0 Å². The molecule has 1 aromatic heterocycles. The zero-order valence-electron chi connectivity index (χ0n) is 7.71. The predicted molar refractivity (Wildman–Crippen MR) is 53.0 cm³/mol. The number of aryl methyl sites for hydroxylation is 1. The normalized spacial score (nSPS) is 11.1. The molecule has 68 valence electrons. The van der Waals surface area contributed by atoms with Crippen LogP contribution < -0.4 is 0 Å². The van der Waals surface area contributed by atoms with Gasteiger partial charge in [-0.05, 0) is 36.9 Å². The van der Waals surface area contributed by atoms with Crippen molar-refractivity contribution in [3.05, 3.63) is 16.6 Å². The van der Waals surface area contributed by atoms with Crippen molar-refractivity contribution in [2.45, 2.75) is 20.0 Å². The molecule has 1 aromatic rings. The highest BCUT2D eigenvalue weighted by atomic mass is 79.9. The molecule has 4 heteroatoms. The second-order valence-electron chi connectivity index (χ2n) is 3.03. The fourth-order valence-corrected chi connectivity index (χ4v) is 1.65. The molecule has 1 rings (SSSR count). The maximum Gasteiger partial charge on any atom is 0.177 e. The predicted octanol–water partition coefficient (Wildman–Crippen LogP) is 1.73. The monoisotopic (exact) mass is 231 g/mol. The maximum atomic E-state index is 4.36. The van der Waals surface area contributed by atoms with Gasteiger partial charge in [-0.25, -0.2) is 4.98 Å². The fourth-order valence-electron chi connectivity index (χ4n) is 1.07. The van der Waals surface area contributed by atoms with Crippen LogP contribution in [0.2, 0.25) is 0 Å². The van der Waals surface area contributed by atoms with Gasteiger partial charge in [0.2, 0.25) is 0 Å². The van der Waals surface area contributed by atoms with Crippen molar-refractivity contribution in [3.63, 3.8) is 0 Å². The summed E-state index contributed by atoms with van der Waals surface area (Å²) in [7, 11) is 4.08. The molecular formula is C8H14BrN3. The molecule has 0 bridgehead atoms. The summed E-state index contributed by atoms with van der Waals surface area (Å²) in [4.78, 5) is 6.47. The third kappa shape index (κ3) is 2.32. The van der Waals surface area contributed by atoms with Crippen LogP contribution in [0.1, 0.15) is 12.6 Å². The Hall–Kier alpha value is -0.350. The van der Waals surface area contributed by atoms with Gasteiger partial charge in [-0.2, -0.15) is 0 Å². The van der Waals surface area contributed by atoms with Crippen molar-refractivity contribution in [1.82, 2.24) is 14.5 Å². The number of hydrogen-bond donors (Lipinski definition) is 0. The Balaban J connectivity index is 2.75.